The first kappa shape index (κ1) is 22.9. The molecule has 2 amide bonds. The zero-order valence-electron chi connectivity index (χ0n) is 17.0. The Kier molecular flexibility index (Phi) is 7.79. The number of rotatable bonds is 7. The normalized spacial score (nSPS) is 12.2. The van der Waals surface area contributed by atoms with E-state index in [2.05, 4.69) is 21.2 Å². The number of hydrogen-bond donors (Lipinski definition) is 1. The highest BCUT2D eigenvalue weighted by molar-refractivity contribution is 9.10. The summed E-state index contributed by atoms with van der Waals surface area (Å²) in [6.07, 6.45) is 0. The van der Waals surface area contributed by atoms with Gasteiger partial charge in [0.25, 0.3) is 5.91 Å². The molecule has 0 bridgehead atoms. The zero-order chi connectivity index (χ0) is 21.6. The van der Waals surface area contributed by atoms with Crippen LogP contribution in [-0.4, -0.2) is 34.9 Å². The van der Waals surface area contributed by atoms with E-state index in [9.17, 15) is 14.0 Å². The van der Waals surface area contributed by atoms with Gasteiger partial charge in [0.05, 0.1) is 0 Å². The lowest BCUT2D eigenvalue weighted by molar-refractivity contribution is -0.142. The van der Waals surface area contributed by atoms with E-state index in [0.29, 0.717) is 5.75 Å². The summed E-state index contributed by atoms with van der Waals surface area (Å²) in [5.74, 6) is -0.413. The smallest absolute Gasteiger partial charge is 0.261 e. The standard InChI is InChI=1S/C22H26BrFN2O3/c1-15(21(28)25-22(2,3)4)26(13-16-5-9-18(24)10-6-16)20(27)14-29-19-11-7-17(23)8-12-19/h5-12,15H,13-14H2,1-4H3,(H,25,28). The van der Waals surface area contributed by atoms with Gasteiger partial charge in [-0.3, -0.25) is 9.59 Å². The molecule has 0 radical (unpaired) electrons. The number of carbonyl (C=O) groups is 2. The van der Waals surface area contributed by atoms with Crippen molar-refractivity contribution in [3.8, 4) is 5.75 Å². The number of nitrogens with zero attached hydrogens (tertiary/aromatic N) is 1. The van der Waals surface area contributed by atoms with Gasteiger partial charge in [0.1, 0.15) is 17.6 Å². The molecule has 2 aromatic carbocycles. The Labute approximate surface area is 179 Å². The Morgan fingerprint density at radius 1 is 1.10 bits per heavy atom. The van der Waals surface area contributed by atoms with Gasteiger partial charge in [0, 0.05) is 16.6 Å². The van der Waals surface area contributed by atoms with Crippen LogP contribution in [0.3, 0.4) is 0 Å². The monoisotopic (exact) mass is 464 g/mol. The molecule has 1 unspecified atom stereocenters. The van der Waals surface area contributed by atoms with Crippen LogP contribution in [0.1, 0.15) is 33.3 Å². The van der Waals surface area contributed by atoms with Crippen LogP contribution >= 0.6 is 15.9 Å². The van der Waals surface area contributed by atoms with E-state index in [0.717, 1.165) is 10.0 Å². The lowest BCUT2D eigenvalue weighted by atomic mass is 10.1. The van der Waals surface area contributed by atoms with Crippen molar-refractivity contribution < 1.29 is 18.7 Å². The largest absolute Gasteiger partial charge is 0.484 e. The highest BCUT2D eigenvalue weighted by atomic mass is 79.9. The fourth-order valence-electron chi connectivity index (χ4n) is 2.60. The van der Waals surface area contributed by atoms with Crippen LogP contribution in [0.25, 0.3) is 0 Å². The Hall–Kier alpha value is -2.41. The second kappa shape index (κ2) is 9.87. The first-order chi connectivity index (χ1) is 13.5. The van der Waals surface area contributed by atoms with Gasteiger partial charge in [-0.05, 0) is 69.7 Å². The summed E-state index contributed by atoms with van der Waals surface area (Å²) >= 11 is 3.35. The van der Waals surface area contributed by atoms with Gasteiger partial charge in [-0.25, -0.2) is 4.39 Å². The minimum Gasteiger partial charge on any atom is -0.484 e. The Morgan fingerprint density at radius 2 is 1.69 bits per heavy atom. The van der Waals surface area contributed by atoms with Gasteiger partial charge in [0.15, 0.2) is 6.61 Å². The number of carbonyl (C=O) groups excluding carboxylic acids is 2. The number of nitrogens with one attached hydrogen (secondary N) is 1. The molecule has 7 heteroatoms. The zero-order valence-corrected chi connectivity index (χ0v) is 18.6. The predicted molar refractivity (Wildman–Crippen MR) is 114 cm³/mol. The molecule has 0 heterocycles. The summed E-state index contributed by atoms with van der Waals surface area (Å²) in [7, 11) is 0. The Balaban J connectivity index is 2.15. The van der Waals surface area contributed by atoms with Gasteiger partial charge in [-0.15, -0.1) is 0 Å². The van der Waals surface area contributed by atoms with E-state index in [-0.39, 0.29) is 30.8 Å². The van der Waals surface area contributed by atoms with Gasteiger partial charge in [-0.1, -0.05) is 28.1 Å². The van der Waals surface area contributed by atoms with Gasteiger partial charge >= 0.3 is 0 Å². The van der Waals surface area contributed by atoms with Crippen molar-refractivity contribution in [2.75, 3.05) is 6.61 Å². The highest BCUT2D eigenvalue weighted by Crippen LogP contribution is 2.17. The second-order valence-corrected chi connectivity index (χ2v) is 8.72. The van der Waals surface area contributed by atoms with Crippen LogP contribution in [-0.2, 0) is 16.1 Å². The molecule has 29 heavy (non-hydrogen) atoms. The molecule has 5 nitrogen and oxygen atoms in total. The molecule has 156 valence electrons. The molecule has 0 saturated heterocycles. The quantitative estimate of drug-likeness (QED) is 0.664. The van der Waals surface area contributed by atoms with E-state index in [1.165, 1.54) is 17.0 Å². The molecule has 2 aromatic rings. The van der Waals surface area contributed by atoms with Crippen LogP contribution < -0.4 is 10.1 Å². The third-order valence-electron chi connectivity index (χ3n) is 4.11. The Morgan fingerprint density at radius 3 is 2.24 bits per heavy atom. The average Bonchev–Trinajstić information content (AvgIpc) is 2.65. The molecule has 0 aliphatic carbocycles. The Bertz CT molecular complexity index is 833. The van der Waals surface area contributed by atoms with Crippen molar-refractivity contribution in [1.29, 1.82) is 0 Å². The molecular formula is C22H26BrFN2O3. The van der Waals surface area contributed by atoms with Gasteiger partial charge < -0.3 is 15.0 Å². The van der Waals surface area contributed by atoms with E-state index < -0.39 is 11.6 Å². The summed E-state index contributed by atoms with van der Waals surface area (Å²) in [5.41, 5.74) is 0.294. The third-order valence-corrected chi connectivity index (χ3v) is 4.64. The maximum absolute atomic E-state index is 13.2. The summed E-state index contributed by atoms with van der Waals surface area (Å²) in [4.78, 5) is 27.0. The molecule has 1 N–H and O–H groups in total. The maximum atomic E-state index is 13.2. The molecule has 0 aromatic heterocycles. The molecule has 0 aliphatic heterocycles. The molecule has 0 spiro atoms. The summed E-state index contributed by atoms with van der Waals surface area (Å²) in [6.45, 7) is 7.25. The van der Waals surface area contributed by atoms with Crippen LogP contribution in [0.2, 0.25) is 0 Å². The fourth-order valence-corrected chi connectivity index (χ4v) is 2.87. The van der Waals surface area contributed by atoms with E-state index in [1.54, 1.807) is 31.2 Å². The number of amides is 2. The number of benzene rings is 2. The van der Waals surface area contributed by atoms with Crippen LogP contribution in [0, 0.1) is 5.82 Å². The fraction of sp³-hybridized carbons (Fsp3) is 0.364. The molecule has 1 atom stereocenters. The van der Waals surface area contributed by atoms with E-state index in [4.69, 9.17) is 4.74 Å². The minimum atomic E-state index is -0.722. The number of hydrogen-bond acceptors (Lipinski definition) is 3. The topological polar surface area (TPSA) is 58.6 Å². The average molecular weight is 465 g/mol. The van der Waals surface area contributed by atoms with Gasteiger partial charge in [0.2, 0.25) is 5.91 Å². The predicted octanol–water partition coefficient (Wildman–Crippen LogP) is 4.30. The number of ether oxygens (including phenoxy) is 1. The van der Waals surface area contributed by atoms with Crippen LogP contribution in [0.5, 0.6) is 5.75 Å². The van der Waals surface area contributed by atoms with Gasteiger partial charge in [-0.2, -0.15) is 0 Å². The van der Waals surface area contributed by atoms with Crippen molar-refractivity contribution in [2.45, 2.75) is 45.8 Å². The molecular weight excluding hydrogens is 439 g/mol. The molecule has 0 aliphatic rings. The lowest BCUT2D eigenvalue weighted by Gasteiger charge is -2.31. The highest BCUT2D eigenvalue weighted by Gasteiger charge is 2.28. The maximum Gasteiger partial charge on any atom is 0.261 e. The first-order valence-electron chi connectivity index (χ1n) is 9.29. The second-order valence-electron chi connectivity index (χ2n) is 7.81. The number of halogens is 2. The van der Waals surface area contributed by atoms with Crippen molar-refractivity contribution in [2.24, 2.45) is 0 Å². The van der Waals surface area contributed by atoms with Crippen molar-refractivity contribution in [3.05, 3.63) is 64.4 Å². The summed E-state index contributed by atoms with van der Waals surface area (Å²) < 4.78 is 19.7. The molecule has 0 saturated carbocycles. The SMILES string of the molecule is CC(C(=O)NC(C)(C)C)N(Cc1ccc(F)cc1)C(=O)COc1ccc(Br)cc1. The van der Waals surface area contributed by atoms with E-state index >= 15 is 0 Å². The van der Waals surface area contributed by atoms with Crippen LogP contribution in [0.15, 0.2) is 53.0 Å². The molecule has 0 fully saturated rings. The minimum absolute atomic E-state index is 0.168. The third kappa shape index (κ3) is 7.49. The van der Waals surface area contributed by atoms with Crippen molar-refractivity contribution in [1.82, 2.24) is 10.2 Å². The summed E-state index contributed by atoms with van der Waals surface area (Å²) in [6, 6.07) is 12.3. The van der Waals surface area contributed by atoms with Crippen LogP contribution in [0.4, 0.5) is 4.39 Å². The summed E-state index contributed by atoms with van der Waals surface area (Å²) in [5, 5.41) is 2.89. The van der Waals surface area contributed by atoms with Crippen molar-refractivity contribution >= 4 is 27.7 Å². The first-order valence-corrected chi connectivity index (χ1v) is 10.1. The van der Waals surface area contributed by atoms with Crippen molar-refractivity contribution in [3.63, 3.8) is 0 Å². The van der Waals surface area contributed by atoms with E-state index in [1.807, 2.05) is 32.9 Å². The lowest BCUT2D eigenvalue weighted by Crippen LogP contribution is -2.53. The molecule has 2 rings (SSSR count).